The average Bonchev–Trinajstić information content (AvgIpc) is 2.77. The van der Waals surface area contributed by atoms with Gasteiger partial charge in [-0.1, -0.05) is 26.7 Å². The molecule has 0 aliphatic rings. The van der Waals surface area contributed by atoms with Crippen molar-refractivity contribution in [3.63, 3.8) is 0 Å². The number of carbonyl (C=O) groups is 1. The third-order valence-electron chi connectivity index (χ3n) is 3.12. The SMILES string of the molecule is CCC(CC)CN(CC)C(=O)c1csc(I)c1. The Morgan fingerprint density at radius 1 is 1.41 bits per heavy atom. The Labute approximate surface area is 122 Å². The molecule has 0 bridgehead atoms. The lowest BCUT2D eigenvalue weighted by Gasteiger charge is -2.25. The van der Waals surface area contributed by atoms with E-state index in [1.54, 1.807) is 11.3 Å². The van der Waals surface area contributed by atoms with Crippen LogP contribution in [0.15, 0.2) is 11.4 Å². The molecule has 0 fully saturated rings. The highest BCUT2D eigenvalue weighted by molar-refractivity contribution is 14.1. The average molecular weight is 365 g/mol. The van der Waals surface area contributed by atoms with Gasteiger partial charge in [0.25, 0.3) is 5.91 Å². The van der Waals surface area contributed by atoms with E-state index in [0.717, 1.165) is 31.5 Å². The molecule has 0 radical (unpaired) electrons. The van der Waals surface area contributed by atoms with E-state index in [9.17, 15) is 4.79 Å². The monoisotopic (exact) mass is 365 g/mol. The number of hydrogen-bond acceptors (Lipinski definition) is 2. The van der Waals surface area contributed by atoms with Crippen molar-refractivity contribution >= 4 is 39.8 Å². The lowest BCUT2D eigenvalue weighted by atomic mass is 10.0. The van der Waals surface area contributed by atoms with Gasteiger partial charge in [-0.15, -0.1) is 11.3 Å². The Hall–Kier alpha value is -0.100. The van der Waals surface area contributed by atoms with Crippen molar-refractivity contribution in [1.82, 2.24) is 4.90 Å². The third-order valence-corrected chi connectivity index (χ3v) is 4.91. The van der Waals surface area contributed by atoms with Crippen molar-refractivity contribution in [3.8, 4) is 0 Å². The molecule has 2 nitrogen and oxygen atoms in total. The van der Waals surface area contributed by atoms with Gasteiger partial charge in [0, 0.05) is 18.5 Å². The fourth-order valence-electron chi connectivity index (χ4n) is 1.82. The zero-order valence-electron chi connectivity index (χ0n) is 10.7. The second kappa shape index (κ2) is 7.36. The van der Waals surface area contributed by atoms with Gasteiger partial charge in [-0.25, -0.2) is 0 Å². The molecule has 0 saturated carbocycles. The first-order chi connectivity index (χ1) is 8.12. The second-order valence-electron chi connectivity index (χ2n) is 4.17. The van der Waals surface area contributed by atoms with Crippen LogP contribution in [0, 0.1) is 8.80 Å². The zero-order valence-corrected chi connectivity index (χ0v) is 13.7. The van der Waals surface area contributed by atoms with Crippen LogP contribution in [0.4, 0.5) is 0 Å². The summed E-state index contributed by atoms with van der Waals surface area (Å²) in [5.74, 6) is 0.801. The maximum Gasteiger partial charge on any atom is 0.254 e. The van der Waals surface area contributed by atoms with Crippen molar-refractivity contribution in [1.29, 1.82) is 0 Å². The van der Waals surface area contributed by atoms with Gasteiger partial charge in [0.1, 0.15) is 0 Å². The van der Waals surface area contributed by atoms with Gasteiger partial charge >= 0.3 is 0 Å². The Morgan fingerprint density at radius 2 is 2.06 bits per heavy atom. The van der Waals surface area contributed by atoms with E-state index < -0.39 is 0 Å². The summed E-state index contributed by atoms with van der Waals surface area (Å²) in [6.45, 7) is 8.12. The molecule has 1 amide bonds. The van der Waals surface area contributed by atoms with E-state index >= 15 is 0 Å². The topological polar surface area (TPSA) is 20.3 Å². The van der Waals surface area contributed by atoms with Crippen LogP contribution in [0.2, 0.25) is 0 Å². The molecule has 17 heavy (non-hydrogen) atoms. The largest absolute Gasteiger partial charge is 0.339 e. The van der Waals surface area contributed by atoms with E-state index in [0.29, 0.717) is 5.92 Å². The van der Waals surface area contributed by atoms with Gasteiger partial charge in [0.05, 0.1) is 8.45 Å². The van der Waals surface area contributed by atoms with E-state index in [2.05, 4.69) is 43.4 Å². The van der Waals surface area contributed by atoms with Crippen molar-refractivity contribution < 1.29 is 4.79 Å². The molecule has 1 aromatic heterocycles. The Balaban J connectivity index is 2.70. The lowest BCUT2D eigenvalue weighted by Crippen LogP contribution is -2.34. The normalized spacial score (nSPS) is 10.9. The summed E-state index contributed by atoms with van der Waals surface area (Å²) in [6.07, 6.45) is 2.28. The van der Waals surface area contributed by atoms with Gasteiger partial charge in [-0.2, -0.15) is 0 Å². The molecule has 96 valence electrons. The lowest BCUT2D eigenvalue weighted by molar-refractivity contribution is 0.0735. The summed E-state index contributed by atoms with van der Waals surface area (Å²) in [5.41, 5.74) is 0.840. The molecule has 1 rings (SSSR count). The van der Waals surface area contributed by atoms with Crippen LogP contribution in [0.25, 0.3) is 0 Å². The Bertz CT molecular complexity index is 360. The molecule has 0 N–H and O–H groups in total. The first-order valence-corrected chi connectivity index (χ1v) is 8.11. The third kappa shape index (κ3) is 4.25. The zero-order chi connectivity index (χ0) is 12.8. The van der Waals surface area contributed by atoms with Crippen LogP contribution in [0.3, 0.4) is 0 Å². The maximum absolute atomic E-state index is 12.3. The summed E-state index contributed by atoms with van der Waals surface area (Å²) in [6, 6.07) is 1.98. The molecule has 1 heterocycles. The minimum atomic E-state index is 0.179. The number of rotatable bonds is 6. The van der Waals surface area contributed by atoms with Gasteiger partial charge in [-0.05, 0) is 41.5 Å². The second-order valence-corrected chi connectivity index (χ2v) is 6.97. The van der Waals surface area contributed by atoms with Crippen LogP contribution in [0.1, 0.15) is 44.0 Å². The molecular formula is C13H20INOS. The summed E-state index contributed by atoms with van der Waals surface area (Å²) in [7, 11) is 0. The molecule has 0 aliphatic heterocycles. The number of halogens is 1. The maximum atomic E-state index is 12.3. The smallest absolute Gasteiger partial charge is 0.254 e. The quantitative estimate of drug-likeness (QED) is 0.690. The van der Waals surface area contributed by atoms with Crippen LogP contribution in [0.5, 0.6) is 0 Å². The van der Waals surface area contributed by atoms with Gasteiger partial charge in [-0.3, -0.25) is 4.79 Å². The van der Waals surface area contributed by atoms with Crippen LogP contribution in [-0.4, -0.2) is 23.9 Å². The fourth-order valence-corrected chi connectivity index (χ4v) is 3.14. The van der Waals surface area contributed by atoms with E-state index in [-0.39, 0.29) is 5.91 Å². The minimum Gasteiger partial charge on any atom is -0.339 e. The van der Waals surface area contributed by atoms with Crippen molar-refractivity contribution in [3.05, 3.63) is 19.9 Å². The first-order valence-electron chi connectivity index (χ1n) is 6.15. The molecule has 0 aliphatic carbocycles. The molecule has 0 unspecified atom stereocenters. The van der Waals surface area contributed by atoms with E-state index in [1.165, 1.54) is 2.88 Å². The predicted molar refractivity (Wildman–Crippen MR) is 82.7 cm³/mol. The highest BCUT2D eigenvalue weighted by atomic mass is 127. The molecule has 1 aromatic rings. The number of thiophene rings is 1. The summed E-state index contributed by atoms with van der Waals surface area (Å²) in [5, 5.41) is 1.96. The molecule has 0 atom stereocenters. The molecule has 4 heteroatoms. The minimum absolute atomic E-state index is 0.179. The predicted octanol–water partition coefficient (Wildman–Crippen LogP) is 4.25. The first kappa shape index (κ1) is 15.0. The van der Waals surface area contributed by atoms with Gasteiger partial charge in [0.2, 0.25) is 0 Å². The standard InChI is InChI=1S/C13H20INOS/c1-4-10(5-2)8-15(6-3)13(16)11-7-12(14)17-9-11/h7,9-10H,4-6,8H2,1-3H3. The molecular weight excluding hydrogens is 345 g/mol. The fraction of sp³-hybridized carbons (Fsp3) is 0.615. The number of carbonyl (C=O) groups excluding carboxylic acids is 1. The van der Waals surface area contributed by atoms with Gasteiger partial charge < -0.3 is 4.90 Å². The van der Waals surface area contributed by atoms with Crippen LogP contribution >= 0.6 is 33.9 Å². The summed E-state index contributed by atoms with van der Waals surface area (Å²) in [4.78, 5) is 14.3. The van der Waals surface area contributed by atoms with E-state index in [4.69, 9.17) is 0 Å². The molecule has 0 aromatic carbocycles. The van der Waals surface area contributed by atoms with Crippen LogP contribution in [-0.2, 0) is 0 Å². The van der Waals surface area contributed by atoms with Crippen molar-refractivity contribution in [2.75, 3.05) is 13.1 Å². The van der Waals surface area contributed by atoms with Crippen molar-refractivity contribution in [2.45, 2.75) is 33.6 Å². The molecule has 0 spiro atoms. The highest BCUT2D eigenvalue weighted by Crippen LogP contribution is 2.19. The van der Waals surface area contributed by atoms with E-state index in [1.807, 2.05) is 16.3 Å². The number of amides is 1. The summed E-state index contributed by atoms with van der Waals surface area (Å²) < 4.78 is 1.17. The number of hydrogen-bond donors (Lipinski definition) is 0. The molecule has 0 saturated heterocycles. The number of nitrogens with zero attached hydrogens (tertiary/aromatic N) is 1. The Kier molecular flexibility index (Phi) is 6.48. The van der Waals surface area contributed by atoms with Gasteiger partial charge in [0.15, 0.2) is 0 Å². The summed E-state index contributed by atoms with van der Waals surface area (Å²) >= 11 is 3.89. The van der Waals surface area contributed by atoms with Crippen molar-refractivity contribution in [2.24, 2.45) is 5.92 Å². The highest BCUT2D eigenvalue weighted by Gasteiger charge is 2.18. The van der Waals surface area contributed by atoms with Crippen LogP contribution < -0.4 is 0 Å². The Morgan fingerprint density at radius 3 is 2.47 bits per heavy atom.